The zero-order chi connectivity index (χ0) is 27.1. The lowest BCUT2D eigenvalue weighted by Crippen LogP contribution is -2.50. The first-order valence-corrected chi connectivity index (χ1v) is 13.3. The number of hydrogen-bond donors (Lipinski definition) is 4. The number of amides is 1. The van der Waals surface area contributed by atoms with E-state index in [9.17, 15) is 14.8 Å². The maximum absolute atomic E-state index is 13.0. The van der Waals surface area contributed by atoms with Gasteiger partial charge in [0, 0.05) is 6.54 Å². The molecule has 2 heterocycles. The molecular formula is C28H39BN4O5. The van der Waals surface area contributed by atoms with Gasteiger partial charge in [-0.1, -0.05) is 56.3 Å². The zero-order valence-corrected chi connectivity index (χ0v) is 22.5. The van der Waals surface area contributed by atoms with Crippen molar-refractivity contribution in [1.82, 2.24) is 20.7 Å². The molecule has 2 atom stereocenters. The molecule has 38 heavy (non-hydrogen) atoms. The van der Waals surface area contributed by atoms with E-state index >= 15 is 0 Å². The van der Waals surface area contributed by atoms with Crippen LogP contribution in [-0.2, 0) is 15.0 Å². The predicted molar refractivity (Wildman–Crippen MR) is 147 cm³/mol. The van der Waals surface area contributed by atoms with Gasteiger partial charge in [0.1, 0.15) is 25.1 Å². The van der Waals surface area contributed by atoms with E-state index < -0.39 is 19.1 Å². The summed E-state index contributed by atoms with van der Waals surface area (Å²) >= 11 is 0. The lowest BCUT2D eigenvalue weighted by Gasteiger charge is -2.30. The van der Waals surface area contributed by atoms with Crippen LogP contribution >= 0.6 is 0 Å². The second kappa shape index (κ2) is 12.8. The predicted octanol–water partition coefficient (Wildman–Crippen LogP) is 2.32. The minimum absolute atomic E-state index is 0.00352. The molecule has 4 N–H and O–H groups in total. The summed E-state index contributed by atoms with van der Waals surface area (Å²) in [5, 5.41) is 23.0. The number of rotatable bonds is 12. The number of benzene rings is 2. The summed E-state index contributed by atoms with van der Waals surface area (Å²) in [6, 6.07) is 17.9. The summed E-state index contributed by atoms with van der Waals surface area (Å²) in [5.74, 6) is 0.340. The number of likely N-dealkylation sites (tertiary alicyclic amines) is 1. The van der Waals surface area contributed by atoms with Crippen LogP contribution in [0.25, 0.3) is 5.70 Å². The molecule has 2 aromatic rings. The van der Waals surface area contributed by atoms with Crippen molar-refractivity contribution in [1.29, 1.82) is 0 Å². The number of nitrogens with one attached hydrogen (secondary N) is 2. The average Bonchev–Trinajstić information content (AvgIpc) is 3.52. The molecule has 0 aromatic heterocycles. The van der Waals surface area contributed by atoms with Crippen LogP contribution in [0, 0.1) is 5.92 Å². The standard InChI is InChI=1S/C28H39BN4O5/c1-21(2)27(38-29(35)36)30-26(34)20-33-25(22-10-5-4-6-11-22)19-28(3,31-33)23-12-9-13-24(18-23)37-17-16-32-14-7-8-15-32/h4-6,9-13,18-19,21,27,31,35-36H,7-8,14-17,20H2,1-3H3,(H,30,34)/t27-,28?/m1/s1. The van der Waals surface area contributed by atoms with Crippen LogP contribution in [0.2, 0.25) is 0 Å². The van der Waals surface area contributed by atoms with Crippen molar-refractivity contribution >= 4 is 18.9 Å². The molecule has 2 aliphatic heterocycles. The highest BCUT2D eigenvalue weighted by Crippen LogP contribution is 2.36. The van der Waals surface area contributed by atoms with Crippen LogP contribution in [-0.4, -0.2) is 72.2 Å². The number of nitrogens with zero attached hydrogens (tertiary/aromatic N) is 2. The summed E-state index contributed by atoms with van der Waals surface area (Å²) < 4.78 is 11.1. The van der Waals surface area contributed by atoms with E-state index in [1.165, 1.54) is 12.8 Å². The monoisotopic (exact) mass is 522 g/mol. The largest absolute Gasteiger partial charge is 0.635 e. The SMILES string of the molecule is CC(C)[C@H](NC(=O)CN1NC(C)(c2cccc(OCCN3CCCC3)c2)C=C1c1ccccc1)OB(O)O. The van der Waals surface area contributed by atoms with E-state index in [1.54, 1.807) is 0 Å². The van der Waals surface area contributed by atoms with Crippen LogP contribution in [0.15, 0.2) is 60.7 Å². The Hall–Kier alpha value is -2.89. The molecule has 1 amide bonds. The summed E-state index contributed by atoms with van der Waals surface area (Å²) in [6.07, 6.45) is 3.81. The van der Waals surface area contributed by atoms with Crippen LogP contribution in [0.3, 0.4) is 0 Å². The number of carbonyl (C=O) groups is 1. The smallest absolute Gasteiger partial charge is 0.492 e. The van der Waals surface area contributed by atoms with E-state index in [1.807, 2.05) is 73.5 Å². The van der Waals surface area contributed by atoms with Gasteiger partial charge in [-0.15, -0.1) is 0 Å². The number of ether oxygens (including phenoxy) is 1. The molecule has 0 saturated carbocycles. The Kier molecular flexibility index (Phi) is 9.46. The highest BCUT2D eigenvalue weighted by molar-refractivity contribution is 6.32. The molecule has 0 aliphatic carbocycles. The Morgan fingerprint density at radius 2 is 1.87 bits per heavy atom. The molecule has 1 saturated heterocycles. The first-order chi connectivity index (χ1) is 18.2. The van der Waals surface area contributed by atoms with E-state index in [4.69, 9.17) is 9.39 Å². The Labute approximate surface area is 225 Å². The van der Waals surface area contributed by atoms with Crippen LogP contribution in [0.4, 0.5) is 0 Å². The van der Waals surface area contributed by atoms with Gasteiger partial charge in [-0.25, -0.2) is 5.43 Å². The van der Waals surface area contributed by atoms with Crippen LogP contribution < -0.4 is 15.5 Å². The maximum Gasteiger partial charge on any atom is 0.635 e. The minimum atomic E-state index is -1.97. The molecule has 0 radical (unpaired) electrons. The number of hydrazine groups is 1. The van der Waals surface area contributed by atoms with Gasteiger partial charge in [0.15, 0.2) is 0 Å². The van der Waals surface area contributed by atoms with Gasteiger partial charge in [-0.2, -0.15) is 0 Å². The molecule has 204 valence electrons. The van der Waals surface area contributed by atoms with Gasteiger partial charge in [-0.3, -0.25) is 14.7 Å². The van der Waals surface area contributed by atoms with E-state index in [2.05, 4.69) is 28.6 Å². The van der Waals surface area contributed by atoms with Crippen molar-refractivity contribution in [2.75, 3.05) is 32.8 Å². The summed E-state index contributed by atoms with van der Waals surface area (Å²) in [6.45, 7) is 9.58. The fourth-order valence-electron chi connectivity index (χ4n) is 4.89. The highest BCUT2D eigenvalue weighted by atomic mass is 16.6. The fourth-order valence-corrected chi connectivity index (χ4v) is 4.89. The lowest BCUT2D eigenvalue weighted by atomic mass is 9.92. The summed E-state index contributed by atoms with van der Waals surface area (Å²) in [5.41, 5.74) is 5.77. The first-order valence-electron chi connectivity index (χ1n) is 13.3. The molecule has 9 nitrogen and oxygen atoms in total. The van der Waals surface area contributed by atoms with Gasteiger partial charge in [0.2, 0.25) is 5.91 Å². The van der Waals surface area contributed by atoms with Crippen molar-refractivity contribution < 1.29 is 24.2 Å². The fraction of sp³-hybridized carbons (Fsp3) is 0.464. The average molecular weight is 522 g/mol. The van der Waals surface area contributed by atoms with Crippen molar-refractivity contribution in [3.63, 3.8) is 0 Å². The van der Waals surface area contributed by atoms with Gasteiger partial charge in [-0.05, 0) is 68.1 Å². The van der Waals surface area contributed by atoms with Crippen molar-refractivity contribution in [2.45, 2.75) is 45.4 Å². The molecule has 1 unspecified atom stereocenters. The molecule has 1 fully saturated rings. The molecule has 2 aliphatic rings. The van der Waals surface area contributed by atoms with Crippen molar-refractivity contribution in [3.8, 4) is 5.75 Å². The molecule has 0 bridgehead atoms. The van der Waals surface area contributed by atoms with E-state index in [-0.39, 0.29) is 18.4 Å². The van der Waals surface area contributed by atoms with Gasteiger partial charge >= 0.3 is 7.32 Å². The van der Waals surface area contributed by atoms with Crippen LogP contribution in [0.5, 0.6) is 5.75 Å². The lowest BCUT2D eigenvalue weighted by molar-refractivity contribution is -0.125. The van der Waals surface area contributed by atoms with Gasteiger partial charge in [0.05, 0.1) is 11.2 Å². The molecule has 0 spiro atoms. The van der Waals surface area contributed by atoms with Crippen molar-refractivity contribution in [2.24, 2.45) is 5.92 Å². The third kappa shape index (κ3) is 7.36. The maximum atomic E-state index is 13.0. The highest BCUT2D eigenvalue weighted by Gasteiger charge is 2.36. The normalized spacial score (nSPS) is 20.5. The third-order valence-corrected chi connectivity index (χ3v) is 6.94. The Bertz CT molecular complexity index is 1090. The molecule has 4 rings (SSSR count). The number of hydrogen-bond acceptors (Lipinski definition) is 8. The first kappa shape index (κ1) is 28.1. The molecular weight excluding hydrogens is 483 g/mol. The van der Waals surface area contributed by atoms with E-state index in [0.29, 0.717) is 6.61 Å². The molecule has 10 heteroatoms. The van der Waals surface area contributed by atoms with Crippen molar-refractivity contribution in [3.05, 3.63) is 71.8 Å². The second-order valence-corrected chi connectivity index (χ2v) is 10.4. The van der Waals surface area contributed by atoms with Gasteiger partial charge < -0.3 is 24.8 Å². The number of carbonyl (C=O) groups excluding carboxylic acids is 1. The minimum Gasteiger partial charge on any atom is -0.492 e. The quantitative estimate of drug-likeness (QED) is 0.249. The second-order valence-electron chi connectivity index (χ2n) is 10.4. The Balaban J connectivity index is 1.50. The van der Waals surface area contributed by atoms with Gasteiger partial charge in [0.25, 0.3) is 0 Å². The van der Waals surface area contributed by atoms with Crippen LogP contribution in [0.1, 0.15) is 44.7 Å². The third-order valence-electron chi connectivity index (χ3n) is 6.94. The topological polar surface area (TPSA) is 107 Å². The Morgan fingerprint density at radius 1 is 1.13 bits per heavy atom. The zero-order valence-electron chi connectivity index (χ0n) is 22.5. The summed E-state index contributed by atoms with van der Waals surface area (Å²) in [4.78, 5) is 15.4. The Morgan fingerprint density at radius 3 is 2.55 bits per heavy atom. The van der Waals surface area contributed by atoms with E-state index in [0.717, 1.165) is 42.2 Å². The summed E-state index contributed by atoms with van der Waals surface area (Å²) in [7, 11) is -1.97. The molecule has 2 aromatic carbocycles.